The van der Waals surface area contributed by atoms with E-state index in [-0.39, 0.29) is 5.41 Å². The first-order valence-corrected chi connectivity index (χ1v) is 10.5. The fraction of sp³-hybridized carbons (Fsp3) is 0.417. The van der Waals surface area contributed by atoms with Gasteiger partial charge in [0.25, 0.3) is 0 Å². The normalized spacial score (nSPS) is 21.8. The minimum absolute atomic E-state index is 0.294. The van der Waals surface area contributed by atoms with Gasteiger partial charge in [-0.3, -0.25) is 14.7 Å². The fourth-order valence-electron chi connectivity index (χ4n) is 4.51. The van der Waals surface area contributed by atoms with E-state index in [9.17, 15) is 4.79 Å². The number of anilines is 1. The largest absolute Gasteiger partial charge is 0.317 e. The molecular formula is C24H30ClN3O. The maximum atomic E-state index is 11.9. The molecule has 0 atom stereocenters. The highest BCUT2D eigenvalue weighted by Crippen LogP contribution is 2.46. The number of amidine groups is 1. The molecule has 0 aromatic heterocycles. The third-order valence-electron chi connectivity index (χ3n) is 6.07. The van der Waals surface area contributed by atoms with Gasteiger partial charge in [-0.05, 0) is 75.9 Å². The van der Waals surface area contributed by atoms with Crippen LogP contribution in [-0.2, 0) is 10.2 Å². The summed E-state index contributed by atoms with van der Waals surface area (Å²) in [5, 5.41) is 3.84. The lowest BCUT2D eigenvalue weighted by atomic mass is 9.82. The van der Waals surface area contributed by atoms with Gasteiger partial charge in [0.15, 0.2) is 6.29 Å². The number of aldehydes is 1. The van der Waals surface area contributed by atoms with Gasteiger partial charge in [-0.1, -0.05) is 36.4 Å². The van der Waals surface area contributed by atoms with Crippen LogP contribution in [0.2, 0.25) is 0 Å². The lowest BCUT2D eigenvalue weighted by molar-refractivity contribution is -0.104. The lowest BCUT2D eigenvalue weighted by Gasteiger charge is -2.27. The number of benzene rings is 1. The summed E-state index contributed by atoms with van der Waals surface area (Å²) in [6.45, 7) is 12.3. The average Bonchev–Trinajstić information content (AvgIpc) is 2.97. The second-order valence-corrected chi connectivity index (χ2v) is 8.47. The molecule has 1 saturated heterocycles. The molecule has 2 aliphatic heterocycles. The Labute approximate surface area is 179 Å². The minimum Gasteiger partial charge on any atom is -0.317 e. The van der Waals surface area contributed by atoms with Crippen molar-refractivity contribution in [3.8, 4) is 0 Å². The topological polar surface area (TPSA) is 44.7 Å². The second kappa shape index (κ2) is 8.68. The smallest absolute Gasteiger partial charge is 0.153 e. The van der Waals surface area contributed by atoms with Crippen molar-refractivity contribution in [2.75, 3.05) is 25.0 Å². The van der Waals surface area contributed by atoms with Gasteiger partial charge in [0, 0.05) is 17.5 Å². The molecule has 0 spiro atoms. The Balaban J connectivity index is 2.20. The minimum atomic E-state index is -0.294. The van der Waals surface area contributed by atoms with Gasteiger partial charge in [-0.2, -0.15) is 0 Å². The number of hydrogen-bond donors (Lipinski definition) is 1. The highest BCUT2D eigenvalue weighted by Gasteiger charge is 2.43. The number of carbonyl (C=O) groups is 1. The first-order chi connectivity index (χ1) is 13.9. The Morgan fingerprint density at radius 3 is 2.59 bits per heavy atom. The van der Waals surface area contributed by atoms with Crippen LogP contribution in [0.4, 0.5) is 5.69 Å². The first kappa shape index (κ1) is 21.5. The van der Waals surface area contributed by atoms with Crippen LogP contribution in [0.1, 0.15) is 50.7 Å². The number of fused-ring (bicyclic) bond motifs is 1. The summed E-state index contributed by atoms with van der Waals surface area (Å²) in [7, 11) is 1.79. The van der Waals surface area contributed by atoms with Crippen molar-refractivity contribution >= 4 is 29.4 Å². The monoisotopic (exact) mass is 411 g/mol. The average molecular weight is 412 g/mol. The second-order valence-electron chi connectivity index (χ2n) is 8.07. The molecule has 0 amide bonds. The van der Waals surface area contributed by atoms with Crippen molar-refractivity contribution < 1.29 is 4.79 Å². The van der Waals surface area contributed by atoms with E-state index in [1.807, 2.05) is 11.8 Å². The standard InChI is InChI=1S/C24H30ClN3O/c1-6-20(25)18(15-29)21(7-2)28-22-9-8-17(16-10-12-27-13-11-16)14-19(22)24(3,4)23(28)26-5/h6-9,14-16,27H,2,10-13H2,1,3-5H3/b20-6+,21-18+,26-23?. The molecule has 1 aromatic rings. The molecule has 1 aromatic carbocycles. The molecule has 154 valence electrons. The van der Waals surface area contributed by atoms with E-state index < -0.39 is 0 Å². The van der Waals surface area contributed by atoms with E-state index in [1.54, 1.807) is 19.2 Å². The zero-order valence-electron chi connectivity index (χ0n) is 17.8. The summed E-state index contributed by atoms with van der Waals surface area (Å²) in [6.07, 6.45) is 6.51. The van der Waals surface area contributed by atoms with E-state index in [0.29, 0.717) is 22.2 Å². The van der Waals surface area contributed by atoms with Crippen molar-refractivity contribution in [3.63, 3.8) is 0 Å². The zero-order chi connectivity index (χ0) is 21.2. The van der Waals surface area contributed by atoms with Gasteiger partial charge in [-0.15, -0.1) is 0 Å². The number of allylic oxidation sites excluding steroid dienone is 4. The zero-order valence-corrected chi connectivity index (χ0v) is 18.5. The number of halogens is 1. The quantitative estimate of drug-likeness (QED) is 0.418. The molecule has 1 N–H and O–H groups in total. The summed E-state index contributed by atoms with van der Waals surface area (Å²) < 4.78 is 0. The van der Waals surface area contributed by atoms with Crippen molar-refractivity contribution in [1.29, 1.82) is 0 Å². The maximum Gasteiger partial charge on any atom is 0.153 e. The highest BCUT2D eigenvalue weighted by atomic mass is 35.5. The van der Waals surface area contributed by atoms with Crippen LogP contribution in [0.15, 0.2) is 58.2 Å². The van der Waals surface area contributed by atoms with E-state index in [2.05, 4.69) is 48.9 Å². The molecule has 0 radical (unpaired) electrons. The number of nitrogens with one attached hydrogen (secondary N) is 1. The number of aliphatic imine (C=N–C) groups is 1. The van der Waals surface area contributed by atoms with Gasteiger partial charge in [0.2, 0.25) is 0 Å². The van der Waals surface area contributed by atoms with Crippen LogP contribution in [0.3, 0.4) is 0 Å². The number of rotatable bonds is 5. The van der Waals surface area contributed by atoms with Gasteiger partial charge < -0.3 is 5.32 Å². The maximum absolute atomic E-state index is 11.9. The van der Waals surface area contributed by atoms with Crippen LogP contribution in [0.25, 0.3) is 0 Å². The molecule has 5 heteroatoms. The number of piperidine rings is 1. The highest BCUT2D eigenvalue weighted by molar-refractivity contribution is 6.34. The molecule has 29 heavy (non-hydrogen) atoms. The van der Waals surface area contributed by atoms with Crippen molar-refractivity contribution in [2.45, 2.75) is 44.9 Å². The van der Waals surface area contributed by atoms with E-state index >= 15 is 0 Å². The number of carbonyl (C=O) groups excluding carboxylic acids is 1. The van der Waals surface area contributed by atoms with Crippen LogP contribution in [0, 0.1) is 0 Å². The molecule has 4 nitrogen and oxygen atoms in total. The lowest BCUT2D eigenvalue weighted by Crippen LogP contribution is -2.36. The Morgan fingerprint density at radius 2 is 2.03 bits per heavy atom. The molecule has 3 rings (SSSR count). The van der Waals surface area contributed by atoms with Gasteiger partial charge in [-0.25, -0.2) is 0 Å². The van der Waals surface area contributed by atoms with Gasteiger partial charge >= 0.3 is 0 Å². The van der Waals surface area contributed by atoms with Crippen molar-refractivity contribution in [1.82, 2.24) is 5.32 Å². The van der Waals surface area contributed by atoms with Gasteiger partial charge in [0.1, 0.15) is 5.84 Å². The Kier molecular flexibility index (Phi) is 6.45. The Morgan fingerprint density at radius 1 is 1.34 bits per heavy atom. The molecular weight excluding hydrogens is 382 g/mol. The predicted molar refractivity (Wildman–Crippen MR) is 123 cm³/mol. The van der Waals surface area contributed by atoms with E-state index in [1.165, 1.54) is 11.1 Å². The van der Waals surface area contributed by atoms with Crippen LogP contribution >= 0.6 is 11.6 Å². The third-order valence-corrected chi connectivity index (χ3v) is 6.49. The summed E-state index contributed by atoms with van der Waals surface area (Å²) in [5.41, 5.74) is 4.40. The third kappa shape index (κ3) is 3.72. The fourth-order valence-corrected chi connectivity index (χ4v) is 4.65. The molecule has 0 unspecified atom stereocenters. The summed E-state index contributed by atoms with van der Waals surface area (Å²) >= 11 is 6.35. The summed E-state index contributed by atoms with van der Waals surface area (Å²) in [6, 6.07) is 6.70. The Hall–Kier alpha value is -2.17. The van der Waals surface area contributed by atoms with Gasteiger partial charge in [0.05, 0.1) is 17.0 Å². The van der Waals surface area contributed by atoms with E-state index in [4.69, 9.17) is 11.6 Å². The summed E-state index contributed by atoms with van der Waals surface area (Å²) in [4.78, 5) is 18.5. The van der Waals surface area contributed by atoms with Crippen LogP contribution in [0.5, 0.6) is 0 Å². The predicted octanol–water partition coefficient (Wildman–Crippen LogP) is 5.06. The molecule has 1 fully saturated rings. The molecule has 0 aliphatic carbocycles. The van der Waals surface area contributed by atoms with Crippen molar-refractivity contribution in [2.24, 2.45) is 4.99 Å². The number of hydrogen-bond acceptors (Lipinski definition) is 3. The van der Waals surface area contributed by atoms with Crippen LogP contribution in [-0.4, -0.2) is 32.3 Å². The SMILES string of the molecule is C=C/C(=C(C=O)\C(Cl)=C/C)N1C(=NC)C(C)(C)c2cc(C3CCNCC3)ccc21. The molecule has 0 saturated carbocycles. The molecule has 0 bridgehead atoms. The van der Waals surface area contributed by atoms with Crippen molar-refractivity contribution in [3.05, 3.63) is 64.4 Å². The van der Waals surface area contributed by atoms with E-state index in [0.717, 1.165) is 43.7 Å². The first-order valence-electron chi connectivity index (χ1n) is 10.2. The Bertz CT molecular complexity index is 905. The molecule has 2 aliphatic rings. The van der Waals surface area contributed by atoms with Crippen LogP contribution < -0.4 is 10.2 Å². The molecule has 2 heterocycles. The summed E-state index contributed by atoms with van der Waals surface area (Å²) in [5.74, 6) is 1.45. The number of nitrogens with zero attached hydrogens (tertiary/aromatic N) is 2.